The average molecular weight is 150 g/mol. The van der Waals surface area contributed by atoms with E-state index in [1.54, 1.807) is 0 Å². The molecule has 0 nitrogen and oxygen atoms in total. The van der Waals surface area contributed by atoms with Crippen LogP contribution in [0.1, 0.15) is 0 Å². The van der Waals surface area contributed by atoms with Crippen LogP contribution in [0.3, 0.4) is 0 Å². The van der Waals surface area contributed by atoms with Gasteiger partial charge in [-0.2, -0.15) is 0 Å². The Morgan fingerprint density at radius 2 is 1.00 bits per heavy atom. The SMILES string of the molecule is [AlH3].[Fe].[KH].[NaH]. The Hall–Kier alpha value is 3.69. The van der Waals surface area contributed by atoms with Crippen molar-refractivity contribution in [2.45, 2.75) is 0 Å². The van der Waals surface area contributed by atoms with E-state index in [9.17, 15) is 0 Å². The molecule has 0 amide bonds. The third-order valence-electron chi connectivity index (χ3n) is 0. The predicted molar refractivity (Wildman–Crippen MR) is 24.2 cm³/mol. The normalized spacial score (nSPS) is 0. The Balaban J connectivity index is 0. The summed E-state index contributed by atoms with van der Waals surface area (Å²) >= 11 is 0. The molecule has 0 aromatic heterocycles. The van der Waals surface area contributed by atoms with Gasteiger partial charge in [-0.05, 0) is 0 Å². The maximum atomic E-state index is 0. The van der Waals surface area contributed by atoms with Gasteiger partial charge in [-0.25, -0.2) is 0 Å². The minimum absolute atomic E-state index is 0. The Kier molecular flexibility index (Phi) is 101. The van der Waals surface area contributed by atoms with Crippen LogP contribution >= 0.6 is 0 Å². The second kappa shape index (κ2) is 15.9. The molecule has 0 fully saturated rings. The zero-order valence-corrected chi connectivity index (χ0v) is 1.46. The summed E-state index contributed by atoms with van der Waals surface area (Å²) in [6.07, 6.45) is 0. The summed E-state index contributed by atoms with van der Waals surface area (Å²) in [5.74, 6) is 0. The van der Waals surface area contributed by atoms with Gasteiger partial charge in [0, 0.05) is 17.1 Å². The second-order valence-electron chi connectivity index (χ2n) is 0. The third-order valence-corrected chi connectivity index (χ3v) is 0. The van der Waals surface area contributed by atoms with E-state index in [-0.39, 0.29) is 115 Å². The Morgan fingerprint density at radius 3 is 1.00 bits per heavy atom. The molecule has 0 unspecified atom stereocenters. The summed E-state index contributed by atoms with van der Waals surface area (Å²) in [6.45, 7) is 0. The summed E-state index contributed by atoms with van der Waals surface area (Å²) < 4.78 is 0. The van der Waals surface area contributed by atoms with Crippen molar-refractivity contribution in [2.75, 3.05) is 0 Å². The van der Waals surface area contributed by atoms with E-state index >= 15 is 0 Å². The monoisotopic (exact) mass is 150 g/mol. The third kappa shape index (κ3) is 9.19. The molecule has 0 atom stereocenters. The summed E-state index contributed by atoms with van der Waals surface area (Å²) in [7, 11) is 0. The van der Waals surface area contributed by atoms with Crippen molar-refractivity contribution in [3.63, 3.8) is 0 Å². The molecular formula is H5AlFeKNa. The first kappa shape index (κ1) is 25.3. The van der Waals surface area contributed by atoms with Crippen LogP contribution in [0.2, 0.25) is 0 Å². The van der Waals surface area contributed by atoms with Gasteiger partial charge in [-0.15, -0.1) is 0 Å². The van der Waals surface area contributed by atoms with Crippen LogP contribution in [-0.2, 0) is 17.1 Å². The van der Waals surface area contributed by atoms with Crippen molar-refractivity contribution < 1.29 is 17.1 Å². The standard InChI is InChI=1S/Al.Fe.K.Na.5H. The quantitative estimate of drug-likeness (QED) is 0.335. The van der Waals surface area contributed by atoms with Crippen LogP contribution in [0, 0.1) is 0 Å². The van der Waals surface area contributed by atoms with Crippen molar-refractivity contribution in [2.24, 2.45) is 0 Å². The molecule has 18 valence electrons. The number of rotatable bonds is 0. The Labute approximate surface area is 112 Å². The van der Waals surface area contributed by atoms with Crippen LogP contribution < -0.4 is 0 Å². The van der Waals surface area contributed by atoms with Gasteiger partial charge >= 0.3 is 80.9 Å². The van der Waals surface area contributed by atoms with Crippen molar-refractivity contribution in [1.82, 2.24) is 0 Å². The molecule has 0 spiro atoms. The first-order valence-electron chi connectivity index (χ1n) is 0. The van der Waals surface area contributed by atoms with Crippen LogP contribution in [0.4, 0.5) is 0 Å². The van der Waals surface area contributed by atoms with Gasteiger partial charge in [0.2, 0.25) is 0 Å². The molecule has 0 saturated carbocycles. The molecule has 0 rings (SSSR count). The van der Waals surface area contributed by atoms with Gasteiger partial charge in [-0.3, -0.25) is 0 Å². The first-order valence-corrected chi connectivity index (χ1v) is 0. The fraction of sp³-hybridized carbons (Fsp3) is 0. The molecule has 0 aliphatic heterocycles. The zero-order valence-electron chi connectivity index (χ0n) is 0.354. The van der Waals surface area contributed by atoms with Gasteiger partial charge < -0.3 is 0 Å². The van der Waals surface area contributed by atoms with E-state index in [0.717, 1.165) is 0 Å². The molecule has 0 bridgehead atoms. The zero-order chi connectivity index (χ0) is 0. The van der Waals surface area contributed by atoms with Gasteiger partial charge in [0.05, 0.1) is 0 Å². The summed E-state index contributed by atoms with van der Waals surface area (Å²) in [6, 6.07) is 0. The van der Waals surface area contributed by atoms with Crippen LogP contribution in [0.25, 0.3) is 0 Å². The van der Waals surface area contributed by atoms with Crippen molar-refractivity contribution in [3.05, 3.63) is 0 Å². The average Bonchev–Trinajstić information content (AvgIpc) is 0. The summed E-state index contributed by atoms with van der Waals surface area (Å²) in [5.41, 5.74) is 0. The van der Waals surface area contributed by atoms with E-state index in [4.69, 9.17) is 0 Å². The molecule has 0 saturated heterocycles. The van der Waals surface area contributed by atoms with Crippen LogP contribution in [0.15, 0.2) is 0 Å². The fourth-order valence-electron chi connectivity index (χ4n) is 0. The molecule has 0 radical (unpaired) electrons. The predicted octanol–water partition coefficient (Wildman–Crippen LogP) is -2.48. The Bertz CT molecular complexity index is 8.00. The maximum absolute atomic E-state index is 0. The minimum atomic E-state index is 0. The fourth-order valence-corrected chi connectivity index (χ4v) is 0. The second-order valence-corrected chi connectivity index (χ2v) is 0. The van der Waals surface area contributed by atoms with Gasteiger partial charge in [-0.1, -0.05) is 0 Å². The summed E-state index contributed by atoms with van der Waals surface area (Å²) in [4.78, 5) is 0. The van der Waals surface area contributed by atoms with E-state index in [2.05, 4.69) is 0 Å². The van der Waals surface area contributed by atoms with Crippen LogP contribution in [0.5, 0.6) is 0 Å². The molecular weight excluding hydrogens is 145 g/mol. The first-order chi connectivity index (χ1) is 0. The molecule has 0 aromatic rings. The number of hydrogen-bond acceptors (Lipinski definition) is 0. The van der Waals surface area contributed by atoms with Crippen LogP contribution in [-0.4, -0.2) is 98.3 Å². The topological polar surface area (TPSA) is 0 Å². The Morgan fingerprint density at radius 1 is 1.00 bits per heavy atom. The van der Waals surface area contributed by atoms with Gasteiger partial charge in [0.25, 0.3) is 0 Å². The van der Waals surface area contributed by atoms with E-state index in [1.807, 2.05) is 0 Å². The molecule has 4 heteroatoms. The van der Waals surface area contributed by atoms with E-state index < -0.39 is 0 Å². The molecule has 0 aromatic carbocycles. The van der Waals surface area contributed by atoms with Crippen molar-refractivity contribution in [3.8, 4) is 0 Å². The molecule has 0 heterocycles. The van der Waals surface area contributed by atoms with Gasteiger partial charge in [0.1, 0.15) is 0 Å². The molecule has 4 heavy (non-hydrogen) atoms. The van der Waals surface area contributed by atoms with E-state index in [0.29, 0.717) is 0 Å². The van der Waals surface area contributed by atoms with E-state index in [1.165, 1.54) is 0 Å². The van der Waals surface area contributed by atoms with Gasteiger partial charge in [0.15, 0.2) is 17.4 Å². The van der Waals surface area contributed by atoms with Crippen molar-refractivity contribution >= 4 is 98.3 Å². The number of hydrogen-bond donors (Lipinski definition) is 0. The molecule has 0 N–H and O–H groups in total. The molecule has 0 aliphatic rings. The summed E-state index contributed by atoms with van der Waals surface area (Å²) in [5, 5.41) is 0. The van der Waals surface area contributed by atoms with Crippen molar-refractivity contribution in [1.29, 1.82) is 0 Å². The molecule has 0 aliphatic carbocycles.